The number of piperidine rings is 1. The largest absolute Gasteiger partial charge is 0.489 e. The van der Waals surface area contributed by atoms with Crippen LogP contribution in [0.15, 0.2) is 48.7 Å². The minimum atomic E-state index is -1.51. The Morgan fingerprint density at radius 1 is 1.15 bits per heavy atom. The number of aliphatic hydroxyl groups excluding tert-OH is 1. The highest BCUT2D eigenvalue weighted by molar-refractivity contribution is 5.78. The molecule has 184 valence electrons. The van der Waals surface area contributed by atoms with Gasteiger partial charge in [0, 0.05) is 25.4 Å². The zero-order valence-corrected chi connectivity index (χ0v) is 20.3. The number of esters is 1. The van der Waals surface area contributed by atoms with Crippen LogP contribution in [0.1, 0.15) is 64.5 Å². The van der Waals surface area contributed by atoms with Gasteiger partial charge in [0.05, 0.1) is 5.41 Å². The number of pyridine rings is 1. The average Bonchev–Trinajstić information content (AvgIpc) is 2.82. The Morgan fingerprint density at radius 2 is 1.82 bits per heavy atom. The van der Waals surface area contributed by atoms with Crippen molar-refractivity contribution in [2.75, 3.05) is 13.1 Å². The molecule has 0 radical (unpaired) electrons. The van der Waals surface area contributed by atoms with Crippen LogP contribution in [0.2, 0.25) is 0 Å². The van der Waals surface area contributed by atoms with Crippen LogP contribution in [-0.4, -0.2) is 45.7 Å². The topological polar surface area (TPSA) is 98.2 Å². The Kier molecular flexibility index (Phi) is 8.15. The maximum atomic E-state index is 13.1. The van der Waals surface area contributed by atoms with Crippen LogP contribution in [0, 0.1) is 5.41 Å². The van der Waals surface area contributed by atoms with E-state index in [-0.39, 0.29) is 11.8 Å². The molecule has 0 bridgehead atoms. The first-order chi connectivity index (χ1) is 16.1. The van der Waals surface area contributed by atoms with E-state index in [1.807, 2.05) is 58.0 Å². The summed E-state index contributed by atoms with van der Waals surface area (Å²) in [6.45, 7) is 8.50. The fraction of sp³-hybridized carbons (Fsp3) is 0.500. The van der Waals surface area contributed by atoms with Crippen molar-refractivity contribution in [2.45, 2.75) is 65.5 Å². The Hall–Kier alpha value is -3.13. The van der Waals surface area contributed by atoms with Gasteiger partial charge in [0.15, 0.2) is 0 Å². The number of benzene rings is 1. The number of rotatable bonds is 7. The summed E-state index contributed by atoms with van der Waals surface area (Å²) in [7, 11) is 0. The third kappa shape index (κ3) is 6.70. The maximum Gasteiger partial charge on any atom is 0.410 e. The molecule has 1 aromatic carbocycles. The monoisotopic (exact) mass is 470 g/mol. The summed E-state index contributed by atoms with van der Waals surface area (Å²) in [4.78, 5) is 31.2. The van der Waals surface area contributed by atoms with Crippen LogP contribution < -0.4 is 4.74 Å². The number of likely N-dealkylation sites (tertiary alicyclic amines) is 1. The van der Waals surface area contributed by atoms with Gasteiger partial charge in [-0.05, 0) is 51.7 Å². The zero-order valence-electron chi connectivity index (χ0n) is 20.3. The number of hydrogen-bond donors (Lipinski definition) is 1. The summed E-state index contributed by atoms with van der Waals surface area (Å²) in [5, 5.41) is 10.6. The van der Waals surface area contributed by atoms with E-state index in [9.17, 15) is 14.7 Å². The van der Waals surface area contributed by atoms with E-state index in [1.54, 1.807) is 17.0 Å². The third-order valence-electron chi connectivity index (χ3n) is 5.95. The number of carbonyl (C=O) groups is 2. The molecule has 34 heavy (non-hydrogen) atoms. The molecule has 8 nitrogen and oxygen atoms in total. The van der Waals surface area contributed by atoms with Crippen molar-refractivity contribution in [3.05, 3.63) is 59.9 Å². The number of ether oxygens (including phenoxy) is 3. The average molecular weight is 471 g/mol. The standard InChI is InChI=1S/C26H34N2O6/c1-5-26(12-15-28(16-13-26)24(31)34-25(2,3)4)23(30)33-22(29)21-17-20(11-14-27-21)32-18-19-9-7-6-8-10-19/h6-11,14,17,22,29H,5,12-13,15-16,18H2,1-4H3. The van der Waals surface area contributed by atoms with Crippen molar-refractivity contribution in [2.24, 2.45) is 5.41 Å². The third-order valence-corrected chi connectivity index (χ3v) is 5.95. The number of carbonyl (C=O) groups excluding carboxylic acids is 2. The van der Waals surface area contributed by atoms with Gasteiger partial charge in [-0.1, -0.05) is 37.3 Å². The maximum absolute atomic E-state index is 13.1. The molecule has 1 N–H and O–H groups in total. The molecular formula is C26H34N2O6. The first-order valence-corrected chi connectivity index (χ1v) is 11.6. The molecule has 2 aromatic rings. The molecule has 0 spiro atoms. The van der Waals surface area contributed by atoms with E-state index in [4.69, 9.17) is 14.2 Å². The fourth-order valence-electron chi connectivity index (χ4n) is 3.83. The second kappa shape index (κ2) is 10.9. The van der Waals surface area contributed by atoms with Crippen molar-refractivity contribution in [1.82, 2.24) is 9.88 Å². The van der Waals surface area contributed by atoms with Crippen molar-refractivity contribution in [1.29, 1.82) is 0 Å². The smallest absolute Gasteiger partial charge is 0.410 e. The number of hydrogen-bond acceptors (Lipinski definition) is 7. The molecule has 1 aliphatic rings. The Morgan fingerprint density at radius 3 is 2.44 bits per heavy atom. The van der Waals surface area contributed by atoms with Gasteiger partial charge in [-0.15, -0.1) is 0 Å². The first-order valence-electron chi connectivity index (χ1n) is 11.6. The molecule has 1 unspecified atom stereocenters. The quantitative estimate of drug-likeness (QED) is 0.466. The van der Waals surface area contributed by atoms with Gasteiger partial charge in [0.2, 0.25) is 6.29 Å². The van der Waals surface area contributed by atoms with Gasteiger partial charge in [-0.25, -0.2) is 4.79 Å². The summed E-state index contributed by atoms with van der Waals surface area (Å²) in [6.07, 6.45) is 1.00. The lowest BCUT2D eigenvalue weighted by atomic mass is 9.76. The van der Waals surface area contributed by atoms with Crippen molar-refractivity contribution in [3.63, 3.8) is 0 Å². The molecule has 1 fully saturated rings. The number of aromatic nitrogens is 1. The number of nitrogens with zero attached hydrogens (tertiary/aromatic N) is 2. The highest BCUT2D eigenvalue weighted by Gasteiger charge is 2.43. The van der Waals surface area contributed by atoms with E-state index in [0.717, 1.165) is 5.56 Å². The SMILES string of the molecule is CCC1(C(=O)OC(O)c2cc(OCc3ccccc3)ccn2)CCN(C(=O)OC(C)(C)C)CC1. The second-order valence-electron chi connectivity index (χ2n) is 9.55. The second-order valence-corrected chi connectivity index (χ2v) is 9.55. The molecular weight excluding hydrogens is 436 g/mol. The predicted octanol–water partition coefficient (Wildman–Crippen LogP) is 4.62. The molecule has 1 atom stereocenters. The van der Waals surface area contributed by atoms with Crippen molar-refractivity contribution >= 4 is 12.1 Å². The van der Waals surface area contributed by atoms with Gasteiger partial charge in [-0.2, -0.15) is 0 Å². The van der Waals surface area contributed by atoms with E-state index < -0.39 is 23.3 Å². The summed E-state index contributed by atoms with van der Waals surface area (Å²) >= 11 is 0. The fourth-order valence-corrected chi connectivity index (χ4v) is 3.83. The Labute approximate surface area is 200 Å². The highest BCUT2D eigenvalue weighted by Crippen LogP contribution is 2.38. The molecule has 0 saturated carbocycles. The van der Waals surface area contributed by atoms with Crippen LogP contribution in [0.4, 0.5) is 4.79 Å². The molecule has 1 aliphatic heterocycles. The molecule has 1 saturated heterocycles. The minimum absolute atomic E-state index is 0.191. The number of amides is 1. The summed E-state index contributed by atoms with van der Waals surface area (Å²) in [5.41, 5.74) is -0.154. The van der Waals surface area contributed by atoms with Gasteiger partial charge in [-0.3, -0.25) is 9.78 Å². The van der Waals surface area contributed by atoms with Crippen LogP contribution in [0.5, 0.6) is 5.75 Å². The lowest BCUT2D eigenvalue weighted by molar-refractivity contribution is -0.185. The lowest BCUT2D eigenvalue weighted by Crippen LogP contribution is -2.48. The molecule has 3 rings (SSSR count). The lowest BCUT2D eigenvalue weighted by Gasteiger charge is -2.39. The van der Waals surface area contributed by atoms with E-state index in [2.05, 4.69) is 4.98 Å². The molecule has 8 heteroatoms. The minimum Gasteiger partial charge on any atom is -0.489 e. The summed E-state index contributed by atoms with van der Waals surface area (Å²) < 4.78 is 16.6. The van der Waals surface area contributed by atoms with Crippen LogP contribution in [0.3, 0.4) is 0 Å². The van der Waals surface area contributed by atoms with Crippen molar-refractivity contribution in [3.8, 4) is 5.75 Å². The zero-order chi connectivity index (χ0) is 24.8. The molecule has 2 heterocycles. The molecule has 1 amide bonds. The molecule has 1 aromatic heterocycles. The van der Waals surface area contributed by atoms with Crippen molar-refractivity contribution < 1.29 is 28.9 Å². The first kappa shape index (κ1) is 25.5. The Balaban J connectivity index is 1.58. The van der Waals surface area contributed by atoms with Crippen LogP contribution in [0.25, 0.3) is 0 Å². The summed E-state index contributed by atoms with van der Waals surface area (Å²) in [6, 6.07) is 13.0. The number of aliphatic hydroxyl groups is 1. The highest BCUT2D eigenvalue weighted by atomic mass is 16.6. The van der Waals surface area contributed by atoms with E-state index >= 15 is 0 Å². The van der Waals surface area contributed by atoms with Gasteiger partial charge < -0.3 is 24.2 Å². The van der Waals surface area contributed by atoms with E-state index in [1.165, 1.54) is 6.20 Å². The van der Waals surface area contributed by atoms with Gasteiger partial charge >= 0.3 is 12.1 Å². The molecule has 0 aliphatic carbocycles. The normalized spacial score (nSPS) is 16.4. The summed E-state index contributed by atoms with van der Waals surface area (Å²) in [5.74, 6) is 0.0172. The van der Waals surface area contributed by atoms with Crippen LogP contribution in [-0.2, 0) is 20.9 Å². The Bertz CT molecular complexity index is 965. The van der Waals surface area contributed by atoms with Gasteiger partial charge in [0.25, 0.3) is 0 Å². The van der Waals surface area contributed by atoms with Gasteiger partial charge in [0.1, 0.15) is 23.7 Å². The predicted molar refractivity (Wildman–Crippen MR) is 126 cm³/mol. The van der Waals surface area contributed by atoms with E-state index in [0.29, 0.717) is 44.7 Å². The van der Waals surface area contributed by atoms with Crippen LogP contribution >= 0.6 is 0 Å².